The van der Waals surface area contributed by atoms with Gasteiger partial charge in [-0.05, 0) is 55.2 Å². The molecule has 3 aromatic rings. The van der Waals surface area contributed by atoms with Crippen molar-refractivity contribution in [3.63, 3.8) is 0 Å². The summed E-state index contributed by atoms with van der Waals surface area (Å²) >= 11 is 0. The Hall–Kier alpha value is -3.30. The van der Waals surface area contributed by atoms with Crippen LogP contribution in [0.3, 0.4) is 0 Å². The molecule has 2 unspecified atom stereocenters. The molecule has 4 rings (SSSR count). The molecule has 9 heteroatoms. The number of pyridine rings is 1. The Kier molecular flexibility index (Phi) is 7.64. The zero-order valence-electron chi connectivity index (χ0n) is 18.7. The first-order valence-electron chi connectivity index (χ1n) is 11.3. The van der Waals surface area contributed by atoms with Crippen LogP contribution >= 0.6 is 0 Å². The van der Waals surface area contributed by atoms with Crippen molar-refractivity contribution in [3.8, 4) is 5.82 Å². The van der Waals surface area contributed by atoms with Gasteiger partial charge in [-0.15, -0.1) is 0 Å². The summed E-state index contributed by atoms with van der Waals surface area (Å²) in [5.41, 5.74) is 8.38. The standard InChI is InChI=1S/C24H30FN7O/c1-31(24(33)28-21-8-5-13-26-23(21)32-16-6-14-27-32)15-4-2-3-7-20-17-22(30-29-20)18-9-11-19(25)12-10-18/h5-6,8-14,16,20,22,29-30H,2-4,7,15,17H2,1H3,(H,28,33). The van der Waals surface area contributed by atoms with Crippen LogP contribution in [0.5, 0.6) is 0 Å². The van der Waals surface area contributed by atoms with Gasteiger partial charge in [-0.2, -0.15) is 5.10 Å². The van der Waals surface area contributed by atoms with Crippen molar-refractivity contribution in [1.29, 1.82) is 0 Å². The summed E-state index contributed by atoms with van der Waals surface area (Å²) in [4.78, 5) is 18.6. The van der Waals surface area contributed by atoms with Gasteiger partial charge in [0.15, 0.2) is 5.82 Å². The van der Waals surface area contributed by atoms with Gasteiger partial charge in [-0.3, -0.25) is 10.9 Å². The van der Waals surface area contributed by atoms with Crippen LogP contribution in [0.25, 0.3) is 5.82 Å². The first kappa shape index (κ1) is 22.9. The molecule has 1 fully saturated rings. The summed E-state index contributed by atoms with van der Waals surface area (Å²) in [7, 11) is 1.80. The Morgan fingerprint density at radius 1 is 1.15 bits per heavy atom. The van der Waals surface area contributed by atoms with Crippen molar-refractivity contribution in [2.75, 3.05) is 18.9 Å². The smallest absolute Gasteiger partial charge is 0.321 e. The Morgan fingerprint density at radius 3 is 2.79 bits per heavy atom. The molecule has 8 nitrogen and oxygen atoms in total. The molecule has 1 aliphatic heterocycles. The monoisotopic (exact) mass is 451 g/mol. The number of aromatic nitrogens is 3. The van der Waals surface area contributed by atoms with Crippen molar-refractivity contribution in [2.45, 2.75) is 44.2 Å². The first-order chi connectivity index (χ1) is 16.1. The molecule has 174 valence electrons. The predicted octanol–water partition coefficient (Wildman–Crippen LogP) is 4.04. The van der Waals surface area contributed by atoms with Crippen LogP contribution < -0.4 is 16.2 Å². The lowest BCUT2D eigenvalue weighted by atomic mass is 9.99. The number of hydrogen-bond donors (Lipinski definition) is 3. The van der Waals surface area contributed by atoms with E-state index in [2.05, 4.69) is 26.3 Å². The number of amides is 2. The molecule has 33 heavy (non-hydrogen) atoms. The number of anilines is 1. The van der Waals surface area contributed by atoms with Crippen LogP contribution in [-0.2, 0) is 0 Å². The van der Waals surface area contributed by atoms with Gasteiger partial charge in [0.05, 0.1) is 5.69 Å². The number of nitrogens with zero attached hydrogens (tertiary/aromatic N) is 4. The fraction of sp³-hybridized carbons (Fsp3) is 0.375. The highest BCUT2D eigenvalue weighted by molar-refractivity contribution is 5.90. The van der Waals surface area contributed by atoms with E-state index >= 15 is 0 Å². The van der Waals surface area contributed by atoms with Gasteiger partial charge in [-0.1, -0.05) is 25.0 Å². The fourth-order valence-corrected chi connectivity index (χ4v) is 4.03. The molecule has 0 saturated carbocycles. The Bertz CT molecular complexity index is 1030. The minimum absolute atomic E-state index is 0.166. The van der Waals surface area contributed by atoms with Gasteiger partial charge in [0.2, 0.25) is 0 Å². The Morgan fingerprint density at radius 2 is 2.00 bits per heavy atom. The molecule has 1 aliphatic rings. The summed E-state index contributed by atoms with van der Waals surface area (Å²) < 4.78 is 14.7. The lowest BCUT2D eigenvalue weighted by Gasteiger charge is -2.19. The number of hydrazine groups is 1. The minimum atomic E-state index is -0.210. The molecule has 3 heterocycles. The lowest BCUT2D eigenvalue weighted by Crippen LogP contribution is -2.32. The van der Waals surface area contributed by atoms with E-state index in [0.29, 0.717) is 24.1 Å². The van der Waals surface area contributed by atoms with Gasteiger partial charge in [0.25, 0.3) is 0 Å². The lowest BCUT2D eigenvalue weighted by molar-refractivity contribution is 0.221. The number of carbonyl (C=O) groups is 1. The molecule has 0 radical (unpaired) electrons. The number of unbranched alkanes of at least 4 members (excludes halogenated alkanes) is 2. The zero-order chi connectivity index (χ0) is 23.0. The second-order valence-electron chi connectivity index (χ2n) is 8.35. The van der Waals surface area contributed by atoms with Gasteiger partial charge in [-0.25, -0.2) is 18.9 Å². The number of halogens is 1. The number of rotatable bonds is 9. The Labute approximate surface area is 193 Å². The third-order valence-electron chi connectivity index (χ3n) is 5.90. The first-order valence-corrected chi connectivity index (χ1v) is 11.3. The highest BCUT2D eigenvalue weighted by Crippen LogP contribution is 2.24. The zero-order valence-corrected chi connectivity index (χ0v) is 18.7. The molecular formula is C24H30FN7O. The topological polar surface area (TPSA) is 87.1 Å². The third kappa shape index (κ3) is 6.15. The summed E-state index contributed by atoms with van der Waals surface area (Å²) in [5, 5.41) is 7.12. The number of carbonyl (C=O) groups excluding carboxylic acids is 1. The van der Waals surface area contributed by atoms with Crippen LogP contribution in [0.15, 0.2) is 61.1 Å². The number of hydrogen-bond acceptors (Lipinski definition) is 5. The normalized spacial score (nSPS) is 17.8. The summed E-state index contributed by atoms with van der Waals surface area (Å²) in [6.45, 7) is 0.678. The van der Waals surface area contributed by atoms with Crippen molar-refractivity contribution >= 4 is 11.7 Å². The van der Waals surface area contributed by atoms with Crippen LogP contribution in [0.1, 0.15) is 43.7 Å². The quantitative estimate of drug-likeness (QED) is 0.428. The second kappa shape index (κ2) is 11.0. The summed E-state index contributed by atoms with van der Waals surface area (Å²) in [5.74, 6) is 0.375. The van der Waals surface area contributed by atoms with E-state index in [1.165, 1.54) is 12.1 Å². The molecule has 2 aromatic heterocycles. The van der Waals surface area contributed by atoms with Crippen molar-refractivity contribution in [2.24, 2.45) is 0 Å². The van der Waals surface area contributed by atoms with Crippen molar-refractivity contribution in [3.05, 3.63) is 72.4 Å². The second-order valence-corrected chi connectivity index (χ2v) is 8.35. The molecule has 2 atom stereocenters. The summed E-state index contributed by atoms with van der Waals surface area (Å²) in [6, 6.07) is 12.5. The molecule has 3 N–H and O–H groups in total. The predicted molar refractivity (Wildman–Crippen MR) is 125 cm³/mol. The number of urea groups is 1. The van der Waals surface area contributed by atoms with Crippen LogP contribution in [0.2, 0.25) is 0 Å². The van der Waals surface area contributed by atoms with Gasteiger partial charge in [0, 0.05) is 44.3 Å². The summed E-state index contributed by atoms with van der Waals surface area (Å²) in [6.07, 6.45) is 10.2. The van der Waals surface area contributed by atoms with E-state index in [0.717, 1.165) is 37.7 Å². The van der Waals surface area contributed by atoms with E-state index in [4.69, 9.17) is 0 Å². The maximum Gasteiger partial charge on any atom is 0.321 e. The molecule has 0 bridgehead atoms. The van der Waals surface area contributed by atoms with E-state index < -0.39 is 0 Å². The molecule has 1 aromatic carbocycles. The van der Waals surface area contributed by atoms with Crippen LogP contribution in [0, 0.1) is 5.82 Å². The largest absolute Gasteiger partial charge is 0.328 e. The van der Waals surface area contributed by atoms with E-state index in [9.17, 15) is 9.18 Å². The highest BCUT2D eigenvalue weighted by atomic mass is 19.1. The fourth-order valence-electron chi connectivity index (χ4n) is 4.03. The van der Waals surface area contributed by atoms with Gasteiger partial charge < -0.3 is 10.2 Å². The van der Waals surface area contributed by atoms with Crippen molar-refractivity contribution < 1.29 is 9.18 Å². The molecule has 0 spiro atoms. The van der Waals surface area contributed by atoms with E-state index in [1.807, 2.05) is 24.3 Å². The van der Waals surface area contributed by atoms with Crippen LogP contribution in [0.4, 0.5) is 14.9 Å². The highest BCUT2D eigenvalue weighted by Gasteiger charge is 2.24. The average Bonchev–Trinajstić information content (AvgIpc) is 3.52. The number of nitrogens with one attached hydrogen (secondary N) is 3. The molecule has 1 saturated heterocycles. The average molecular weight is 452 g/mol. The third-order valence-corrected chi connectivity index (χ3v) is 5.90. The molecule has 0 aliphatic carbocycles. The van der Waals surface area contributed by atoms with Gasteiger partial charge >= 0.3 is 6.03 Å². The van der Waals surface area contributed by atoms with Crippen molar-refractivity contribution in [1.82, 2.24) is 30.5 Å². The maximum atomic E-state index is 13.1. The van der Waals surface area contributed by atoms with Gasteiger partial charge in [0.1, 0.15) is 5.82 Å². The number of benzene rings is 1. The van der Waals surface area contributed by atoms with Crippen LogP contribution in [-0.4, -0.2) is 45.3 Å². The minimum Gasteiger partial charge on any atom is -0.328 e. The van der Waals surface area contributed by atoms with E-state index in [-0.39, 0.29) is 17.9 Å². The molecular weight excluding hydrogens is 421 g/mol. The SMILES string of the molecule is CN(CCCCCC1CC(c2ccc(F)cc2)NN1)C(=O)Nc1cccnc1-n1cccn1. The maximum absolute atomic E-state index is 13.1. The van der Waals surface area contributed by atoms with E-state index in [1.54, 1.807) is 41.3 Å². The molecule has 2 amide bonds. The Balaban J connectivity index is 1.15.